The Bertz CT molecular complexity index is 946. The van der Waals surface area contributed by atoms with Crippen molar-refractivity contribution >= 4 is 23.5 Å². The minimum Gasteiger partial charge on any atom is -0.461 e. The molecule has 0 radical (unpaired) electrons. The van der Waals surface area contributed by atoms with Crippen LogP contribution in [0, 0.1) is 13.8 Å². The fourth-order valence-corrected chi connectivity index (χ4v) is 3.81. The average Bonchev–Trinajstić information content (AvgIpc) is 3.08. The number of esters is 2. The number of piperazine rings is 1. The van der Waals surface area contributed by atoms with E-state index in [0.717, 1.165) is 18.8 Å². The summed E-state index contributed by atoms with van der Waals surface area (Å²) in [5, 5.41) is 0. The monoisotopic (exact) mass is 427 g/mol. The minimum atomic E-state index is -0.921. The quantitative estimate of drug-likeness (QED) is 0.713. The van der Waals surface area contributed by atoms with Crippen LogP contribution in [0.4, 0.5) is 5.69 Å². The van der Waals surface area contributed by atoms with Crippen molar-refractivity contribution < 1.29 is 23.9 Å². The molecular formula is C23H29N3O5. The van der Waals surface area contributed by atoms with Crippen LogP contribution < -0.4 is 4.90 Å². The topological polar surface area (TPSA) is 91.9 Å². The molecule has 1 aromatic heterocycles. The summed E-state index contributed by atoms with van der Waals surface area (Å²) in [6, 6.07) is 10.1. The maximum Gasteiger partial charge on any atom is 0.355 e. The second-order valence-corrected chi connectivity index (χ2v) is 7.54. The Morgan fingerprint density at radius 3 is 2.29 bits per heavy atom. The first kappa shape index (κ1) is 22.4. The highest BCUT2D eigenvalue weighted by atomic mass is 16.5. The van der Waals surface area contributed by atoms with Gasteiger partial charge < -0.3 is 24.3 Å². The van der Waals surface area contributed by atoms with Crippen LogP contribution in [0.25, 0.3) is 0 Å². The number of amides is 1. The van der Waals surface area contributed by atoms with E-state index >= 15 is 0 Å². The van der Waals surface area contributed by atoms with Gasteiger partial charge >= 0.3 is 11.9 Å². The Balaban J connectivity index is 1.60. The zero-order chi connectivity index (χ0) is 22.5. The SMILES string of the molecule is CCOC(=O)c1[nH]c(C)c(C(=O)O[C@H](C)C(=O)N2CCN(c3ccccc3)CC2)c1C. The van der Waals surface area contributed by atoms with Crippen LogP contribution in [0.5, 0.6) is 0 Å². The molecule has 0 saturated carbocycles. The van der Waals surface area contributed by atoms with Gasteiger partial charge in [-0.25, -0.2) is 9.59 Å². The van der Waals surface area contributed by atoms with E-state index in [-0.39, 0.29) is 23.8 Å². The van der Waals surface area contributed by atoms with Gasteiger partial charge in [0, 0.05) is 37.6 Å². The van der Waals surface area contributed by atoms with Crippen LogP contribution in [0.3, 0.4) is 0 Å². The average molecular weight is 428 g/mol. The number of nitrogens with zero attached hydrogens (tertiary/aromatic N) is 2. The van der Waals surface area contributed by atoms with Crippen molar-refractivity contribution in [1.82, 2.24) is 9.88 Å². The minimum absolute atomic E-state index is 0.224. The van der Waals surface area contributed by atoms with Crippen molar-refractivity contribution in [2.75, 3.05) is 37.7 Å². The first-order valence-corrected chi connectivity index (χ1v) is 10.5. The third-order valence-electron chi connectivity index (χ3n) is 5.47. The molecule has 1 fully saturated rings. The van der Waals surface area contributed by atoms with Gasteiger partial charge in [-0.2, -0.15) is 0 Å². The summed E-state index contributed by atoms with van der Waals surface area (Å²) >= 11 is 0. The maximum atomic E-state index is 12.8. The van der Waals surface area contributed by atoms with Crippen molar-refractivity contribution in [3.63, 3.8) is 0 Å². The molecule has 0 aliphatic carbocycles. The third-order valence-corrected chi connectivity index (χ3v) is 5.47. The number of aromatic amines is 1. The lowest BCUT2D eigenvalue weighted by Gasteiger charge is -2.37. The lowest BCUT2D eigenvalue weighted by molar-refractivity contribution is -0.140. The van der Waals surface area contributed by atoms with Gasteiger partial charge in [0.25, 0.3) is 5.91 Å². The van der Waals surface area contributed by atoms with Crippen molar-refractivity contribution in [2.24, 2.45) is 0 Å². The van der Waals surface area contributed by atoms with E-state index in [0.29, 0.717) is 24.3 Å². The summed E-state index contributed by atoms with van der Waals surface area (Å²) in [5.41, 5.74) is 2.57. The molecule has 2 heterocycles. The molecule has 31 heavy (non-hydrogen) atoms. The number of H-pyrrole nitrogens is 1. The summed E-state index contributed by atoms with van der Waals surface area (Å²) in [6.45, 7) is 9.42. The van der Waals surface area contributed by atoms with Gasteiger partial charge in [0.2, 0.25) is 0 Å². The number of hydrogen-bond acceptors (Lipinski definition) is 6. The molecule has 0 spiro atoms. The van der Waals surface area contributed by atoms with E-state index in [1.54, 1.807) is 32.6 Å². The number of hydrogen-bond donors (Lipinski definition) is 1. The molecule has 1 N–H and O–H groups in total. The van der Waals surface area contributed by atoms with E-state index in [1.165, 1.54) is 0 Å². The number of carbonyl (C=O) groups is 3. The molecule has 1 aromatic carbocycles. The number of rotatable bonds is 6. The van der Waals surface area contributed by atoms with Crippen LogP contribution in [-0.4, -0.2) is 66.6 Å². The molecule has 1 saturated heterocycles. The summed E-state index contributed by atoms with van der Waals surface area (Å²) < 4.78 is 10.5. The molecule has 3 rings (SSSR count). The molecule has 2 aromatic rings. The van der Waals surface area contributed by atoms with E-state index in [4.69, 9.17) is 9.47 Å². The van der Waals surface area contributed by atoms with Gasteiger partial charge in [-0.05, 0) is 45.4 Å². The molecule has 8 nitrogen and oxygen atoms in total. The van der Waals surface area contributed by atoms with E-state index < -0.39 is 18.0 Å². The largest absolute Gasteiger partial charge is 0.461 e. The van der Waals surface area contributed by atoms with Crippen molar-refractivity contribution in [3.05, 3.63) is 52.8 Å². The number of aryl methyl sites for hydroxylation is 1. The van der Waals surface area contributed by atoms with Gasteiger partial charge in [0.1, 0.15) is 5.69 Å². The lowest BCUT2D eigenvalue weighted by Crippen LogP contribution is -2.51. The summed E-state index contributed by atoms with van der Waals surface area (Å²) in [4.78, 5) is 44.5. The highest BCUT2D eigenvalue weighted by Gasteiger charge is 2.30. The fraction of sp³-hybridized carbons (Fsp3) is 0.435. The molecule has 0 unspecified atom stereocenters. The van der Waals surface area contributed by atoms with E-state index in [9.17, 15) is 14.4 Å². The van der Waals surface area contributed by atoms with Crippen LogP contribution in [0.1, 0.15) is 46.0 Å². The number of nitrogens with one attached hydrogen (secondary N) is 1. The van der Waals surface area contributed by atoms with Crippen molar-refractivity contribution in [2.45, 2.75) is 33.8 Å². The van der Waals surface area contributed by atoms with Crippen molar-refractivity contribution in [1.29, 1.82) is 0 Å². The predicted molar refractivity (Wildman–Crippen MR) is 116 cm³/mol. The number of aromatic nitrogens is 1. The van der Waals surface area contributed by atoms with Gasteiger partial charge in [0.15, 0.2) is 6.10 Å². The van der Waals surface area contributed by atoms with Crippen molar-refractivity contribution in [3.8, 4) is 0 Å². The molecule has 0 bridgehead atoms. The number of benzene rings is 1. The second kappa shape index (κ2) is 9.68. The van der Waals surface area contributed by atoms with Gasteiger partial charge in [0.05, 0.1) is 12.2 Å². The van der Waals surface area contributed by atoms with Crippen LogP contribution >= 0.6 is 0 Å². The van der Waals surface area contributed by atoms with Gasteiger partial charge in [-0.15, -0.1) is 0 Å². The molecule has 1 aliphatic heterocycles. The molecule has 8 heteroatoms. The predicted octanol–water partition coefficient (Wildman–Crippen LogP) is 2.70. The first-order valence-electron chi connectivity index (χ1n) is 10.5. The van der Waals surface area contributed by atoms with Gasteiger partial charge in [-0.3, -0.25) is 4.79 Å². The fourth-order valence-electron chi connectivity index (χ4n) is 3.81. The van der Waals surface area contributed by atoms with Crippen LogP contribution in [0.15, 0.2) is 30.3 Å². The summed E-state index contributed by atoms with van der Waals surface area (Å²) in [7, 11) is 0. The maximum absolute atomic E-state index is 12.8. The van der Waals surface area contributed by atoms with E-state index in [2.05, 4.69) is 9.88 Å². The molecular weight excluding hydrogens is 398 g/mol. The van der Waals surface area contributed by atoms with Crippen LogP contribution in [-0.2, 0) is 14.3 Å². The Kier molecular flexibility index (Phi) is 6.99. The first-order chi connectivity index (χ1) is 14.8. The standard InChI is InChI=1S/C23H29N3O5/c1-5-30-23(29)20-15(2)19(16(3)24-20)22(28)31-17(4)21(27)26-13-11-25(12-14-26)18-9-7-6-8-10-18/h6-10,17,24H,5,11-14H2,1-4H3/t17-/m1/s1. The highest BCUT2D eigenvalue weighted by Crippen LogP contribution is 2.21. The summed E-state index contributed by atoms with van der Waals surface area (Å²) in [5.74, 6) is -1.38. The molecule has 1 aliphatic rings. The number of para-hydroxylation sites is 1. The normalized spacial score (nSPS) is 14.8. The van der Waals surface area contributed by atoms with Gasteiger partial charge in [-0.1, -0.05) is 18.2 Å². The zero-order valence-corrected chi connectivity index (χ0v) is 18.4. The Morgan fingerprint density at radius 1 is 1.03 bits per heavy atom. The molecule has 1 atom stereocenters. The second-order valence-electron chi connectivity index (χ2n) is 7.54. The Hall–Kier alpha value is -3.29. The smallest absolute Gasteiger partial charge is 0.355 e. The Morgan fingerprint density at radius 2 is 1.68 bits per heavy atom. The van der Waals surface area contributed by atoms with E-state index in [1.807, 2.05) is 30.3 Å². The highest BCUT2D eigenvalue weighted by molar-refractivity contribution is 5.99. The number of anilines is 1. The molecule has 1 amide bonds. The third kappa shape index (κ3) is 4.90. The molecule has 166 valence electrons. The lowest BCUT2D eigenvalue weighted by atomic mass is 10.1. The number of carbonyl (C=O) groups excluding carboxylic acids is 3. The zero-order valence-electron chi connectivity index (χ0n) is 18.4. The van der Waals surface area contributed by atoms with Crippen LogP contribution in [0.2, 0.25) is 0 Å². The summed E-state index contributed by atoms with van der Waals surface area (Å²) in [6.07, 6.45) is -0.921. The Labute approximate surface area is 182 Å². The number of ether oxygens (including phenoxy) is 2.